The Hall–Kier alpha value is -1.46. The number of anilines is 1. The third-order valence-electron chi connectivity index (χ3n) is 1.64. The minimum absolute atomic E-state index is 0.365. The fourth-order valence-corrected chi connectivity index (χ4v) is 1.13. The molecule has 5 nitrogen and oxygen atoms in total. The maximum atomic E-state index is 10.8. The summed E-state index contributed by atoms with van der Waals surface area (Å²) in [6.07, 6.45) is 0. The summed E-state index contributed by atoms with van der Waals surface area (Å²) in [5.41, 5.74) is 5.37. The molecule has 76 valence electrons. The van der Waals surface area contributed by atoms with E-state index < -0.39 is 6.03 Å². The number of ether oxygens (including phenoxy) is 1. The molecule has 0 heterocycles. The number of rotatable bonds is 2. The number of benzene rings is 1. The topological polar surface area (TPSA) is 81.6 Å². The largest absolute Gasteiger partial charge is 0.494 e. The molecule has 0 unspecified atom stereocenters. The summed E-state index contributed by atoms with van der Waals surface area (Å²) < 4.78 is 4.98. The Morgan fingerprint density at radius 2 is 2.21 bits per heavy atom. The van der Waals surface area contributed by atoms with Gasteiger partial charge in [0.25, 0.3) is 0 Å². The van der Waals surface area contributed by atoms with Gasteiger partial charge in [-0.05, 0) is 12.1 Å². The lowest BCUT2D eigenvalue weighted by atomic mass is 10.3. The smallest absolute Gasteiger partial charge is 0.333 e. The molecule has 2 amide bonds. The second-order valence-electron chi connectivity index (χ2n) is 2.52. The Balaban J connectivity index is 3.13. The molecule has 0 bridgehead atoms. The van der Waals surface area contributed by atoms with Gasteiger partial charge in [0, 0.05) is 11.1 Å². The van der Waals surface area contributed by atoms with Crippen LogP contribution in [0.5, 0.6) is 5.75 Å². The Morgan fingerprint density at radius 3 is 2.71 bits per heavy atom. The first-order chi connectivity index (χ1) is 6.56. The van der Waals surface area contributed by atoms with Crippen LogP contribution in [0.15, 0.2) is 18.2 Å². The molecule has 0 atom stereocenters. The molecule has 14 heavy (non-hydrogen) atoms. The number of carbonyl (C=O) groups excluding carboxylic acids is 1. The molecule has 1 rings (SSSR count). The minimum Gasteiger partial charge on any atom is -0.494 e. The highest BCUT2D eigenvalue weighted by Gasteiger charge is 2.12. The predicted octanol–water partition coefficient (Wildman–Crippen LogP) is 1.11. The predicted molar refractivity (Wildman–Crippen MR) is 54.3 cm³/mol. The molecule has 0 fully saturated rings. The van der Waals surface area contributed by atoms with Crippen molar-refractivity contribution in [1.82, 2.24) is 0 Å². The molecular weight excluding hydrogens is 206 g/mol. The van der Waals surface area contributed by atoms with Crippen LogP contribution in [0.2, 0.25) is 5.02 Å². The van der Waals surface area contributed by atoms with Crippen LogP contribution in [-0.4, -0.2) is 13.1 Å². The van der Waals surface area contributed by atoms with Gasteiger partial charge >= 0.3 is 6.03 Å². The highest BCUT2D eigenvalue weighted by molar-refractivity contribution is 6.30. The average molecular weight is 216 g/mol. The van der Waals surface area contributed by atoms with Crippen LogP contribution in [-0.2, 0) is 0 Å². The van der Waals surface area contributed by atoms with E-state index in [1.54, 1.807) is 18.2 Å². The summed E-state index contributed by atoms with van der Waals surface area (Å²) in [7, 11) is 1.45. The van der Waals surface area contributed by atoms with Crippen molar-refractivity contribution >= 4 is 23.3 Å². The van der Waals surface area contributed by atoms with E-state index in [2.05, 4.69) is 0 Å². The molecule has 0 aliphatic heterocycles. The standard InChI is InChI=1S/C8H10ClN3O2/c1-14-7-4-5(9)2-3-6(7)12(11)8(10)13/h2-4H,11H2,1H3,(H2,10,13). The molecule has 0 aliphatic rings. The second-order valence-corrected chi connectivity index (χ2v) is 2.96. The number of hydrazine groups is 1. The van der Waals surface area contributed by atoms with Crippen LogP contribution < -0.4 is 21.3 Å². The van der Waals surface area contributed by atoms with Crippen LogP contribution in [0.4, 0.5) is 10.5 Å². The number of hydrogen-bond donors (Lipinski definition) is 2. The molecule has 1 aromatic rings. The van der Waals surface area contributed by atoms with Gasteiger partial charge in [0.05, 0.1) is 7.11 Å². The van der Waals surface area contributed by atoms with Crippen molar-refractivity contribution in [3.63, 3.8) is 0 Å². The van der Waals surface area contributed by atoms with Crippen molar-refractivity contribution in [2.24, 2.45) is 11.6 Å². The van der Waals surface area contributed by atoms with Gasteiger partial charge < -0.3 is 10.5 Å². The summed E-state index contributed by atoms with van der Waals surface area (Å²) in [4.78, 5) is 10.8. The lowest BCUT2D eigenvalue weighted by Crippen LogP contribution is -2.41. The van der Waals surface area contributed by atoms with Gasteiger partial charge in [-0.3, -0.25) is 0 Å². The number of methoxy groups -OCH3 is 1. The van der Waals surface area contributed by atoms with Gasteiger partial charge in [-0.25, -0.2) is 15.6 Å². The van der Waals surface area contributed by atoms with Gasteiger partial charge in [-0.15, -0.1) is 0 Å². The SMILES string of the molecule is COc1cc(Cl)ccc1N(N)C(N)=O. The maximum absolute atomic E-state index is 10.8. The first-order valence-corrected chi connectivity index (χ1v) is 4.12. The summed E-state index contributed by atoms with van der Waals surface area (Å²) >= 11 is 5.72. The zero-order valence-corrected chi connectivity index (χ0v) is 8.28. The molecule has 0 aliphatic carbocycles. The number of nitrogens with zero attached hydrogens (tertiary/aromatic N) is 1. The Labute approximate surface area is 86.1 Å². The zero-order valence-electron chi connectivity index (χ0n) is 7.53. The lowest BCUT2D eigenvalue weighted by Gasteiger charge is -2.16. The molecule has 6 heteroatoms. The third kappa shape index (κ3) is 2.07. The molecule has 1 aromatic carbocycles. The van der Waals surface area contributed by atoms with E-state index in [-0.39, 0.29) is 0 Å². The van der Waals surface area contributed by atoms with E-state index in [9.17, 15) is 4.79 Å². The Bertz CT molecular complexity index is 356. The normalized spacial score (nSPS) is 9.64. The van der Waals surface area contributed by atoms with E-state index in [0.717, 1.165) is 5.01 Å². The van der Waals surface area contributed by atoms with Crippen LogP contribution in [0.25, 0.3) is 0 Å². The fraction of sp³-hybridized carbons (Fsp3) is 0.125. The highest BCUT2D eigenvalue weighted by Crippen LogP contribution is 2.29. The fourth-order valence-electron chi connectivity index (χ4n) is 0.969. The Morgan fingerprint density at radius 1 is 1.57 bits per heavy atom. The van der Waals surface area contributed by atoms with E-state index in [4.69, 9.17) is 27.9 Å². The van der Waals surface area contributed by atoms with Crippen molar-refractivity contribution in [1.29, 1.82) is 0 Å². The maximum Gasteiger partial charge on any atom is 0.333 e. The molecule has 0 saturated carbocycles. The van der Waals surface area contributed by atoms with Crippen molar-refractivity contribution in [2.45, 2.75) is 0 Å². The molecule has 0 saturated heterocycles. The number of primary amides is 1. The monoisotopic (exact) mass is 215 g/mol. The average Bonchev–Trinajstić information content (AvgIpc) is 2.16. The van der Waals surface area contributed by atoms with E-state index >= 15 is 0 Å². The summed E-state index contributed by atoms with van der Waals surface area (Å²) in [6.45, 7) is 0. The second kappa shape index (κ2) is 4.17. The van der Waals surface area contributed by atoms with Gasteiger partial charge in [0.2, 0.25) is 0 Å². The van der Waals surface area contributed by atoms with Crippen LogP contribution in [0.3, 0.4) is 0 Å². The van der Waals surface area contributed by atoms with E-state index in [1.165, 1.54) is 7.11 Å². The third-order valence-corrected chi connectivity index (χ3v) is 1.87. The number of nitrogens with two attached hydrogens (primary N) is 2. The van der Waals surface area contributed by atoms with Gasteiger partial charge in [-0.2, -0.15) is 0 Å². The number of halogens is 1. The van der Waals surface area contributed by atoms with Crippen molar-refractivity contribution < 1.29 is 9.53 Å². The quantitative estimate of drug-likeness (QED) is 0.441. The lowest BCUT2D eigenvalue weighted by molar-refractivity contribution is 0.254. The summed E-state index contributed by atoms with van der Waals surface area (Å²) in [6, 6.07) is 3.90. The summed E-state index contributed by atoms with van der Waals surface area (Å²) in [5.74, 6) is 5.79. The van der Waals surface area contributed by atoms with Gasteiger partial charge in [0.1, 0.15) is 11.4 Å². The van der Waals surface area contributed by atoms with Crippen LogP contribution in [0.1, 0.15) is 0 Å². The van der Waals surface area contributed by atoms with E-state index in [1.807, 2.05) is 0 Å². The highest BCUT2D eigenvalue weighted by atomic mass is 35.5. The number of carbonyl (C=O) groups is 1. The van der Waals surface area contributed by atoms with Crippen LogP contribution >= 0.6 is 11.6 Å². The van der Waals surface area contributed by atoms with Gasteiger partial charge in [0.15, 0.2) is 0 Å². The Kier molecular flexibility index (Phi) is 3.16. The van der Waals surface area contributed by atoms with Gasteiger partial charge in [-0.1, -0.05) is 11.6 Å². The van der Waals surface area contributed by atoms with E-state index in [0.29, 0.717) is 16.5 Å². The molecule has 0 aromatic heterocycles. The molecule has 0 radical (unpaired) electrons. The zero-order chi connectivity index (χ0) is 10.7. The number of urea groups is 1. The first-order valence-electron chi connectivity index (χ1n) is 3.74. The minimum atomic E-state index is -0.773. The van der Waals surface area contributed by atoms with Crippen molar-refractivity contribution in [3.8, 4) is 5.75 Å². The van der Waals surface area contributed by atoms with Crippen LogP contribution in [0, 0.1) is 0 Å². The number of amides is 2. The van der Waals surface area contributed by atoms with Crippen molar-refractivity contribution in [2.75, 3.05) is 12.1 Å². The molecular formula is C8H10ClN3O2. The summed E-state index contributed by atoms with van der Waals surface area (Å²) in [5, 5.41) is 1.28. The molecule has 4 N–H and O–H groups in total. The first kappa shape index (κ1) is 10.6. The number of hydrogen-bond acceptors (Lipinski definition) is 3. The van der Waals surface area contributed by atoms with Crippen molar-refractivity contribution in [3.05, 3.63) is 23.2 Å². The molecule has 0 spiro atoms.